The van der Waals surface area contributed by atoms with E-state index in [1.807, 2.05) is 6.92 Å². The van der Waals surface area contributed by atoms with E-state index in [-0.39, 0.29) is 11.7 Å². The van der Waals surface area contributed by atoms with Crippen LogP contribution in [0, 0.1) is 0 Å². The van der Waals surface area contributed by atoms with Gasteiger partial charge in [-0.25, -0.2) is 14.6 Å². The number of aromatic carboxylic acids is 1. The van der Waals surface area contributed by atoms with Crippen molar-refractivity contribution in [1.82, 2.24) is 20.2 Å². The molecule has 0 aliphatic carbocycles. The van der Waals surface area contributed by atoms with E-state index >= 15 is 0 Å². The number of nitrogens with one attached hydrogen (secondary N) is 2. The van der Waals surface area contributed by atoms with Crippen molar-refractivity contribution >= 4 is 12.0 Å². The largest absolute Gasteiger partial charge is 0.476 e. The lowest BCUT2D eigenvalue weighted by atomic mass is 10.4. The molecule has 0 bridgehead atoms. The van der Waals surface area contributed by atoms with Gasteiger partial charge in [0.25, 0.3) is 0 Å². The number of rotatable bonds is 10. The highest BCUT2D eigenvalue weighted by molar-refractivity contribution is 5.84. The molecule has 1 aromatic rings. The predicted molar refractivity (Wildman–Crippen MR) is 76.3 cm³/mol. The molecule has 3 N–H and O–H groups in total. The highest BCUT2D eigenvalue weighted by Gasteiger charge is 2.06. The summed E-state index contributed by atoms with van der Waals surface area (Å²) in [7, 11) is 0. The van der Waals surface area contributed by atoms with Crippen LogP contribution in [0.1, 0.15) is 30.3 Å². The summed E-state index contributed by atoms with van der Waals surface area (Å²) in [5.41, 5.74) is -0.00784. The zero-order valence-corrected chi connectivity index (χ0v) is 12.2. The van der Waals surface area contributed by atoms with Gasteiger partial charge in [-0.1, -0.05) is 6.92 Å². The molecule has 1 heterocycles. The number of hydrogen-bond donors (Lipinski definition) is 3. The molecule has 2 amide bonds. The van der Waals surface area contributed by atoms with E-state index in [0.717, 1.165) is 19.4 Å². The lowest BCUT2D eigenvalue weighted by molar-refractivity contribution is 0.0691. The molecule has 21 heavy (non-hydrogen) atoms. The first kappa shape index (κ1) is 17.0. The van der Waals surface area contributed by atoms with Gasteiger partial charge in [0.2, 0.25) is 0 Å². The van der Waals surface area contributed by atoms with E-state index < -0.39 is 5.97 Å². The molecule has 0 atom stereocenters. The van der Waals surface area contributed by atoms with Crippen LogP contribution in [0.3, 0.4) is 0 Å². The van der Waals surface area contributed by atoms with Gasteiger partial charge in [0.15, 0.2) is 5.69 Å². The molecule has 118 valence electrons. The molecule has 1 rings (SSSR count). The number of imidazole rings is 1. The van der Waals surface area contributed by atoms with Gasteiger partial charge in [0, 0.05) is 39.0 Å². The molecule has 0 aliphatic heterocycles. The third-order valence-electron chi connectivity index (χ3n) is 2.61. The van der Waals surface area contributed by atoms with E-state index in [4.69, 9.17) is 9.84 Å². The number of urea groups is 1. The fraction of sp³-hybridized carbons (Fsp3) is 0.615. The Kier molecular flexibility index (Phi) is 7.88. The smallest absolute Gasteiger partial charge is 0.356 e. The lowest BCUT2D eigenvalue weighted by Crippen LogP contribution is -2.37. The van der Waals surface area contributed by atoms with E-state index in [2.05, 4.69) is 15.6 Å². The minimum atomic E-state index is -1.07. The van der Waals surface area contributed by atoms with Gasteiger partial charge >= 0.3 is 12.0 Å². The van der Waals surface area contributed by atoms with Gasteiger partial charge in [0.1, 0.15) is 0 Å². The standard InChI is InChI=1S/C13H22N4O4/c1-2-7-21-8-3-4-14-13(20)15-5-6-17-9-11(12(18)19)16-10-17/h9-10H,2-8H2,1H3,(H,18,19)(H2,14,15,20). The fourth-order valence-corrected chi connectivity index (χ4v) is 1.58. The summed E-state index contributed by atoms with van der Waals surface area (Å²) in [6, 6.07) is -0.246. The van der Waals surface area contributed by atoms with Gasteiger partial charge < -0.3 is 25.0 Å². The summed E-state index contributed by atoms with van der Waals surface area (Å²) in [4.78, 5) is 25.8. The van der Waals surface area contributed by atoms with Crippen molar-refractivity contribution in [3.63, 3.8) is 0 Å². The Hall–Kier alpha value is -2.09. The van der Waals surface area contributed by atoms with Crippen LogP contribution in [0.4, 0.5) is 4.79 Å². The number of amides is 2. The van der Waals surface area contributed by atoms with Gasteiger partial charge in [-0.05, 0) is 12.8 Å². The highest BCUT2D eigenvalue weighted by Crippen LogP contribution is 1.95. The summed E-state index contributed by atoms with van der Waals surface area (Å²) in [6.07, 6.45) is 4.61. The summed E-state index contributed by atoms with van der Waals surface area (Å²) < 4.78 is 6.91. The Morgan fingerprint density at radius 1 is 1.33 bits per heavy atom. The molecule has 1 aromatic heterocycles. The summed E-state index contributed by atoms with van der Waals surface area (Å²) in [5, 5.41) is 14.1. The average Bonchev–Trinajstić information content (AvgIpc) is 2.92. The zero-order valence-electron chi connectivity index (χ0n) is 12.2. The molecule has 0 saturated carbocycles. The summed E-state index contributed by atoms with van der Waals surface area (Å²) in [6.45, 7) is 4.85. The van der Waals surface area contributed by atoms with Crippen molar-refractivity contribution in [2.24, 2.45) is 0 Å². The normalized spacial score (nSPS) is 10.3. The number of carbonyl (C=O) groups excluding carboxylic acids is 1. The second-order valence-electron chi connectivity index (χ2n) is 4.45. The molecule has 0 spiro atoms. The van der Waals surface area contributed by atoms with Crippen LogP contribution >= 0.6 is 0 Å². The third-order valence-corrected chi connectivity index (χ3v) is 2.61. The minimum Gasteiger partial charge on any atom is -0.476 e. The Morgan fingerprint density at radius 2 is 2.10 bits per heavy atom. The zero-order chi connectivity index (χ0) is 15.5. The molecule has 0 saturated heterocycles. The number of carbonyl (C=O) groups is 2. The van der Waals surface area contributed by atoms with Crippen LogP contribution in [-0.2, 0) is 11.3 Å². The third kappa shape index (κ3) is 7.31. The van der Waals surface area contributed by atoms with Gasteiger partial charge in [-0.15, -0.1) is 0 Å². The van der Waals surface area contributed by atoms with Gasteiger partial charge in [-0.3, -0.25) is 0 Å². The van der Waals surface area contributed by atoms with Crippen molar-refractivity contribution in [3.05, 3.63) is 18.2 Å². The van der Waals surface area contributed by atoms with E-state index in [1.54, 1.807) is 4.57 Å². The van der Waals surface area contributed by atoms with Crippen LogP contribution in [-0.4, -0.2) is 53.0 Å². The molecule has 0 aromatic carbocycles. The monoisotopic (exact) mass is 298 g/mol. The van der Waals surface area contributed by atoms with Crippen molar-refractivity contribution in [2.75, 3.05) is 26.3 Å². The van der Waals surface area contributed by atoms with Crippen LogP contribution in [0.5, 0.6) is 0 Å². The maximum Gasteiger partial charge on any atom is 0.356 e. The van der Waals surface area contributed by atoms with E-state index in [0.29, 0.717) is 26.2 Å². The Labute approximate surface area is 123 Å². The first-order valence-electron chi connectivity index (χ1n) is 6.98. The van der Waals surface area contributed by atoms with Crippen LogP contribution in [0.15, 0.2) is 12.5 Å². The fourth-order valence-electron chi connectivity index (χ4n) is 1.58. The minimum absolute atomic E-state index is 0.00784. The molecule has 8 heteroatoms. The van der Waals surface area contributed by atoms with Crippen molar-refractivity contribution in [3.8, 4) is 0 Å². The van der Waals surface area contributed by atoms with Crippen LogP contribution < -0.4 is 10.6 Å². The predicted octanol–water partition coefficient (Wildman–Crippen LogP) is 0.697. The lowest BCUT2D eigenvalue weighted by Gasteiger charge is -2.08. The summed E-state index contributed by atoms with van der Waals surface area (Å²) in [5.74, 6) is -1.07. The van der Waals surface area contributed by atoms with Crippen LogP contribution in [0.2, 0.25) is 0 Å². The number of carboxylic acid groups (broad SMARTS) is 1. The second-order valence-corrected chi connectivity index (χ2v) is 4.45. The first-order chi connectivity index (χ1) is 10.1. The molecule has 0 aliphatic rings. The molecule has 0 unspecified atom stereocenters. The topological polar surface area (TPSA) is 105 Å². The average molecular weight is 298 g/mol. The molecular formula is C13H22N4O4. The van der Waals surface area contributed by atoms with Crippen molar-refractivity contribution in [2.45, 2.75) is 26.3 Å². The van der Waals surface area contributed by atoms with Crippen molar-refractivity contribution < 1.29 is 19.4 Å². The van der Waals surface area contributed by atoms with Crippen molar-refractivity contribution in [1.29, 1.82) is 0 Å². The first-order valence-corrected chi connectivity index (χ1v) is 6.98. The number of ether oxygens (including phenoxy) is 1. The molecular weight excluding hydrogens is 276 g/mol. The second kappa shape index (κ2) is 9.76. The number of nitrogens with zero attached hydrogens (tertiary/aromatic N) is 2. The maximum atomic E-state index is 11.5. The number of hydrogen-bond acceptors (Lipinski definition) is 4. The summed E-state index contributed by atoms with van der Waals surface area (Å²) >= 11 is 0. The number of aromatic nitrogens is 2. The quantitative estimate of drug-likeness (QED) is 0.551. The van der Waals surface area contributed by atoms with E-state index in [9.17, 15) is 9.59 Å². The Morgan fingerprint density at radius 3 is 2.76 bits per heavy atom. The maximum absolute atomic E-state index is 11.5. The number of carboxylic acids is 1. The van der Waals surface area contributed by atoms with Crippen LogP contribution in [0.25, 0.3) is 0 Å². The molecule has 0 fully saturated rings. The SMILES string of the molecule is CCCOCCCNC(=O)NCCn1cnc(C(=O)O)c1. The molecule has 0 radical (unpaired) electrons. The Balaban J connectivity index is 2.06. The van der Waals surface area contributed by atoms with Gasteiger partial charge in [-0.2, -0.15) is 0 Å². The Bertz CT molecular complexity index is 447. The van der Waals surface area contributed by atoms with Gasteiger partial charge in [0.05, 0.1) is 6.33 Å². The molecule has 8 nitrogen and oxygen atoms in total. The highest BCUT2D eigenvalue weighted by atomic mass is 16.5. The van der Waals surface area contributed by atoms with E-state index in [1.165, 1.54) is 12.5 Å².